The SMILES string of the molecule is CC(C)(C)c1cc(-c2ccc3c4ccccc4n(-c4cc(C(C)(C)C)cc(C(C)(C)C)c4O)c3n2)cc([Si](C)(C)c2cc(-c3ccccc3)ccn2)c1. The van der Waals surface area contributed by atoms with Crippen molar-refractivity contribution in [2.75, 3.05) is 0 Å². The molecule has 0 unspecified atom stereocenters. The standard InChI is InChI=1S/C48H53N3OSi/c1-46(2,3)34-25-33(26-36(28-34)53(10,11)43-27-32(23-24-49-43)31-17-13-12-14-18-31)40-22-21-38-37-19-15-16-20-41(37)51(45(38)50-40)42-30-35(47(4,5)6)29-39(44(42)52)48(7,8)9/h12-30,52H,1-11H3. The molecule has 4 nitrogen and oxygen atoms in total. The Morgan fingerprint density at radius 1 is 0.585 bits per heavy atom. The Morgan fingerprint density at radius 3 is 1.92 bits per heavy atom. The smallest absolute Gasteiger partial charge is 0.146 e. The molecule has 4 aromatic carbocycles. The van der Waals surface area contributed by atoms with E-state index in [1.54, 1.807) is 0 Å². The van der Waals surface area contributed by atoms with Crippen LogP contribution in [-0.2, 0) is 16.2 Å². The number of rotatable bonds is 5. The minimum atomic E-state index is -2.27. The maximum absolute atomic E-state index is 12.1. The molecule has 0 atom stereocenters. The molecule has 0 aliphatic rings. The van der Waals surface area contributed by atoms with Crippen molar-refractivity contribution in [3.8, 4) is 33.8 Å². The van der Waals surface area contributed by atoms with Crippen LogP contribution in [0.5, 0.6) is 5.75 Å². The number of phenols is 1. The number of aromatic hydroxyl groups is 1. The maximum Gasteiger partial charge on any atom is 0.146 e. The molecule has 7 aromatic rings. The van der Waals surface area contributed by atoms with Gasteiger partial charge in [-0.1, -0.05) is 147 Å². The summed E-state index contributed by atoms with van der Waals surface area (Å²) in [6.45, 7) is 24.8. The topological polar surface area (TPSA) is 50.9 Å². The summed E-state index contributed by atoms with van der Waals surface area (Å²) >= 11 is 0. The third-order valence-corrected chi connectivity index (χ3v) is 14.1. The van der Waals surface area contributed by atoms with E-state index >= 15 is 0 Å². The molecule has 7 rings (SSSR count). The van der Waals surface area contributed by atoms with Crippen molar-refractivity contribution in [3.05, 3.63) is 132 Å². The number of para-hydroxylation sites is 1. The molecule has 0 spiro atoms. The van der Waals surface area contributed by atoms with E-state index in [0.717, 1.165) is 49.8 Å². The van der Waals surface area contributed by atoms with Gasteiger partial charge in [0, 0.05) is 33.4 Å². The first-order valence-corrected chi connectivity index (χ1v) is 21.8. The molecule has 3 aromatic heterocycles. The van der Waals surface area contributed by atoms with Crippen LogP contribution in [0.15, 0.2) is 115 Å². The quantitative estimate of drug-likeness (QED) is 0.181. The van der Waals surface area contributed by atoms with Gasteiger partial charge in [0.1, 0.15) is 19.5 Å². The molecule has 0 saturated carbocycles. The molecule has 0 aliphatic carbocycles. The van der Waals surface area contributed by atoms with Gasteiger partial charge in [-0.2, -0.15) is 0 Å². The van der Waals surface area contributed by atoms with Gasteiger partial charge in [0.25, 0.3) is 0 Å². The van der Waals surface area contributed by atoms with Gasteiger partial charge in [0.05, 0.1) is 16.9 Å². The summed E-state index contributed by atoms with van der Waals surface area (Å²) in [7, 11) is -2.27. The van der Waals surface area contributed by atoms with Gasteiger partial charge in [0.2, 0.25) is 0 Å². The first kappa shape index (κ1) is 36.4. The van der Waals surface area contributed by atoms with Crippen LogP contribution in [-0.4, -0.2) is 27.7 Å². The second kappa shape index (κ2) is 12.8. The second-order valence-corrected chi connectivity index (χ2v) is 22.6. The van der Waals surface area contributed by atoms with Crippen LogP contribution in [0.1, 0.15) is 79.0 Å². The highest BCUT2D eigenvalue weighted by molar-refractivity contribution is 7.00. The Kier molecular flexibility index (Phi) is 8.81. The average Bonchev–Trinajstić information content (AvgIpc) is 3.44. The van der Waals surface area contributed by atoms with Gasteiger partial charge in [-0.25, -0.2) is 4.98 Å². The summed E-state index contributed by atoms with van der Waals surface area (Å²) in [6, 6.07) is 39.2. The maximum atomic E-state index is 12.1. The van der Waals surface area contributed by atoms with Gasteiger partial charge >= 0.3 is 0 Å². The molecular formula is C48H53N3OSi. The number of nitrogens with zero attached hydrogens (tertiary/aromatic N) is 3. The van der Waals surface area contributed by atoms with Crippen LogP contribution < -0.4 is 10.5 Å². The molecule has 0 fully saturated rings. The fourth-order valence-electron chi connectivity index (χ4n) is 7.34. The summed E-state index contributed by atoms with van der Waals surface area (Å²) in [6.07, 6.45) is 1.96. The Balaban J connectivity index is 1.46. The van der Waals surface area contributed by atoms with Crippen molar-refractivity contribution in [2.24, 2.45) is 0 Å². The highest BCUT2D eigenvalue weighted by Gasteiger charge is 2.31. The summed E-state index contributed by atoms with van der Waals surface area (Å²) in [4.78, 5) is 10.5. The molecule has 5 heteroatoms. The Morgan fingerprint density at radius 2 is 1.25 bits per heavy atom. The van der Waals surface area contributed by atoms with Crippen molar-refractivity contribution >= 4 is 40.5 Å². The predicted molar refractivity (Wildman–Crippen MR) is 228 cm³/mol. The number of hydrogen-bond acceptors (Lipinski definition) is 3. The molecule has 53 heavy (non-hydrogen) atoms. The highest BCUT2D eigenvalue weighted by atomic mass is 28.3. The van der Waals surface area contributed by atoms with E-state index in [0.29, 0.717) is 5.75 Å². The molecule has 0 aliphatic heterocycles. The van der Waals surface area contributed by atoms with E-state index in [1.165, 1.54) is 27.4 Å². The number of fused-ring (bicyclic) bond motifs is 3. The third-order valence-electron chi connectivity index (χ3n) is 10.9. The lowest BCUT2D eigenvalue weighted by Gasteiger charge is -2.28. The van der Waals surface area contributed by atoms with Gasteiger partial charge in [0.15, 0.2) is 0 Å². The minimum Gasteiger partial charge on any atom is -0.505 e. The van der Waals surface area contributed by atoms with Crippen molar-refractivity contribution in [1.82, 2.24) is 14.5 Å². The molecule has 3 heterocycles. The lowest BCUT2D eigenvalue weighted by atomic mass is 9.79. The Bertz CT molecular complexity index is 2490. The first-order valence-electron chi connectivity index (χ1n) is 18.8. The summed E-state index contributed by atoms with van der Waals surface area (Å²) < 4.78 is 2.18. The van der Waals surface area contributed by atoms with E-state index in [2.05, 4.69) is 189 Å². The molecular weight excluding hydrogens is 663 g/mol. The minimum absolute atomic E-state index is 0.0733. The summed E-state index contributed by atoms with van der Waals surface area (Å²) in [5.74, 6) is 0.301. The van der Waals surface area contributed by atoms with Crippen LogP contribution >= 0.6 is 0 Å². The van der Waals surface area contributed by atoms with Crippen molar-refractivity contribution < 1.29 is 5.11 Å². The summed E-state index contributed by atoms with van der Waals surface area (Å²) in [5.41, 5.74) is 9.96. The van der Waals surface area contributed by atoms with Crippen LogP contribution in [0.3, 0.4) is 0 Å². The summed E-state index contributed by atoms with van der Waals surface area (Å²) in [5, 5.41) is 16.7. The Labute approximate surface area is 316 Å². The average molecular weight is 716 g/mol. The van der Waals surface area contributed by atoms with Crippen molar-refractivity contribution in [2.45, 2.75) is 91.7 Å². The lowest BCUT2D eigenvalue weighted by Crippen LogP contribution is -2.54. The van der Waals surface area contributed by atoms with Crippen molar-refractivity contribution in [1.29, 1.82) is 0 Å². The van der Waals surface area contributed by atoms with Crippen molar-refractivity contribution in [3.63, 3.8) is 0 Å². The Hall–Kier alpha value is -5.00. The number of pyridine rings is 2. The molecule has 270 valence electrons. The fraction of sp³-hybridized carbons (Fsp3) is 0.292. The van der Waals surface area contributed by atoms with E-state index in [4.69, 9.17) is 9.97 Å². The zero-order chi connectivity index (χ0) is 38.1. The van der Waals surface area contributed by atoms with Crippen LogP contribution in [0.2, 0.25) is 13.1 Å². The number of phenolic OH excluding ortho intramolecular Hbond substituents is 1. The zero-order valence-electron chi connectivity index (χ0n) is 33.3. The lowest BCUT2D eigenvalue weighted by molar-refractivity contribution is 0.442. The van der Waals surface area contributed by atoms with E-state index in [1.807, 2.05) is 6.20 Å². The normalized spacial score (nSPS) is 12.9. The highest BCUT2D eigenvalue weighted by Crippen LogP contribution is 2.43. The fourth-order valence-corrected chi connectivity index (χ4v) is 9.58. The second-order valence-electron chi connectivity index (χ2n) is 18.3. The number of aromatic nitrogens is 3. The number of hydrogen-bond donors (Lipinski definition) is 1. The molecule has 0 bridgehead atoms. The van der Waals surface area contributed by atoms with Gasteiger partial charge < -0.3 is 5.11 Å². The van der Waals surface area contributed by atoms with Crippen LogP contribution in [0.4, 0.5) is 0 Å². The predicted octanol–water partition coefficient (Wildman–Crippen LogP) is 11.3. The van der Waals surface area contributed by atoms with E-state index in [9.17, 15) is 5.11 Å². The number of benzene rings is 4. The molecule has 1 N–H and O–H groups in total. The van der Waals surface area contributed by atoms with E-state index < -0.39 is 8.07 Å². The van der Waals surface area contributed by atoms with Gasteiger partial charge in [-0.3, -0.25) is 9.55 Å². The first-order chi connectivity index (χ1) is 24.8. The van der Waals surface area contributed by atoms with Crippen LogP contribution in [0, 0.1) is 0 Å². The zero-order valence-corrected chi connectivity index (χ0v) is 34.3. The van der Waals surface area contributed by atoms with E-state index in [-0.39, 0.29) is 16.2 Å². The molecule has 0 saturated heterocycles. The molecule has 0 radical (unpaired) electrons. The largest absolute Gasteiger partial charge is 0.505 e. The van der Waals surface area contributed by atoms with Gasteiger partial charge in [-0.05, 0) is 81.0 Å². The third kappa shape index (κ3) is 6.72. The molecule has 0 amide bonds. The monoisotopic (exact) mass is 715 g/mol. The van der Waals surface area contributed by atoms with Crippen LogP contribution in [0.25, 0.3) is 50.0 Å². The van der Waals surface area contributed by atoms with Gasteiger partial charge in [-0.15, -0.1) is 0 Å².